The molecule has 0 bridgehead atoms. The van der Waals surface area contributed by atoms with Crippen LogP contribution < -0.4 is 11.2 Å². The Labute approximate surface area is 205 Å². The molecule has 2 aromatic carbocycles. The Morgan fingerprint density at radius 3 is 2.12 bits per heavy atom. The standard InChI is InChI=1S/C24H23Cl2N5O3/c25-19-8-4-17(5-9-19)24(34,18-6-10-20(26)11-7-18)16-31-21(15-27-29-31)3-1-2-13-30-14-12-22(32)28-23(30)33/h4-12,14-15,34H,1-3,13,16H2,(H,28,32,33). The third-order valence-corrected chi connectivity index (χ3v) is 6.20. The fourth-order valence-electron chi connectivity index (χ4n) is 3.83. The summed E-state index contributed by atoms with van der Waals surface area (Å²) in [5.74, 6) is 0. The smallest absolute Gasteiger partial charge is 0.328 e. The second-order valence-electron chi connectivity index (χ2n) is 8.02. The fourth-order valence-corrected chi connectivity index (χ4v) is 4.08. The summed E-state index contributed by atoms with van der Waals surface area (Å²) in [5.41, 5.74) is -0.0346. The van der Waals surface area contributed by atoms with Crippen LogP contribution in [0.5, 0.6) is 0 Å². The van der Waals surface area contributed by atoms with Crippen LogP contribution in [-0.2, 0) is 25.1 Å². The van der Waals surface area contributed by atoms with Gasteiger partial charge in [-0.25, -0.2) is 9.48 Å². The Morgan fingerprint density at radius 1 is 0.912 bits per heavy atom. The highest BCUT2D eigenvalue weighted by Gasteiger charge is 2.33. The zero-order valence-electron chi connectivity index (χ0n) is 18.2. The summed E-state index contributed by atoms with van der Waals surface area (Å²) in [6.45, 7) is 0.627. The maximum atomic E-state index is 11.9. The lowest BCUT2D eigenvalue weighted by molar-refractivity contribution is 0.0557. The van der Waals surface area contributed by atoms with Crippen molar-refractivity contribution >= 4 is 23.2 Å². The molecule has 0 fully saturated rings. The quantitative estimate of drug-likeness (QED) is 0.343. The molecule has 0 aliphatic heterocycles. The number of aromatic nitrogens is 5. The number of aliphatic hydroxyl groups is 1. The van der Waals surface area contributed by atoms with E-state index in [0.717, 1.165) is 18.5 Å². The number of nitrogens with zero attached hydrogens (tertiary/aromatic N) is 4. The van der Waals surface area contributed by atoms with E-state index in [-0.39, 0.29) is 6.54 Å². The predicted octanol–water partition coefficient (Wildman–Crippen LogP) is 3.39. The molecule has 176 valence electrons. The molecule has 4 rings (SSSR count). The van der Waals surface area contributed by atoms with Crippen molar-refractivity contribution in [1.29, 1.82) is 0 Å². The van der Waals surface area contributed by atoms with Gasteiger partial charge in [0.25, 0.3) is 5.56 Å². The topological polar surface area (TPSA) is 106 Å². The van der Waals surface area contributed by atoms with E-state index in [4.69, 9.17) is 23.2 Å². The lowest BCUT2D eigenvalue weighted by Crippen LogP contribution is -2.34. The van der Waals surface area contributed by atoms with Gasteiger partial charge in [0, 0.05) is 28.9 Å². The second kappa shape index (κ2) is 10.4. The molecule has 0 atom stereocenters. The zero-order valence-corrected chi connectivity index (χ0v) is 19.7. The molecule has 10 heteroatoms. The molecule has 0 radical (unpaired) electrons. The number of rotatable bonds is 9. The first-order valence-corrected chi connectivity index (χ1v) is 11.5. The van der Waals surface area contributed by atoms with Crippen LogP contribution in [-0.4, -0.2) is 29.7 Å². The molecule has 0 amide bonds. The molecule has 2 N–H and O–H groups in total. The van der Waals surface area contributed by atoms with Gasteiger partial charge in [0.15, 0.2) is 0 Å². The zero-order chi connectivity index (χ0) is 24.1. The molecular formula is C24H23Cl2N5O3. The first-order valence-electron chi connectivity index (χ1n) is 10.8. The average Bonchev–Trinajstić information content (AvgIpc) is 3.25. The van der Waals surface area contributed by atoms with Crippen molar-refractivity contribution in [2.45, 2.75) is 38.0 Å². The first-order chi connectivity index (χ1) is 16.3. The lowest BCUT2D eigenvalue weighted by atomic mass is 9.86. The van der Waals surface area contributed by atoms with E-state index in [1.165, 1.54) is 16.8 Å². The maximum absolute atomic E-state index is 11.9. The van der Waals surface area contributed by atoms with E-state index >= 15 is 0 Å². The number of benzene rings is 2. The molecule has 34 heavy (non-hydrogen) atoms. The monoisotopic (exact) mass is 499 g/mol. The summed E-state index contributed by atoms with van der Waals surface area (Å²) in [5, 5.41) is 21.3. The summed E-state index contributed by atoms with van der Waals surface area (Å²) in [6, 6.07) is 15.4. The van der Waals surface area contributed by atoms with Crippen molar-refractivity contribution in [2.24, 2.45) is 0 Å². The van der Waals surface area contributed by atoms with Gasteiger partial charge < -0.3 is 9.67 Å². The normalized spacial score (nSPS) is 11.6. The molecule has 0 aliphatic carbocycles. The predicted molar refractivity (Wildman–Crippen MR) is 130 cm³/mol. The number of halogens is 2. The van der Waals surface area contributed by atoms with Gasteiger partial charge in [-0.3, -0.25) is 9.78 Å². The number of nitrogens with one attached hydrogen (secondary N) is 1. The number of unbranched alkanes of at least 4 members (excludes halogenated alkanes) is 1. The molecule has 0 unspecified atom stereocenters. The summed E-state index contributed by atoms with van der Waals surface area (Å²) in [7, 11) is 0. The van der Waals surface area contributed by atoms with Gasteiger partial charge in [0.1, 0.15) is 5.60 Å². The Kier molecular flexibility index (Phi) is 7.31. The Bertz CT molecular complexity index is 1320. The lowest BCUT2D eigenvalue weighted by Gasteiger charge is -2.30. The van der Waals surface area contributed by atoms with Gasteiger partial charge in [-0.15, -0.1) is 5.10 Å². The summed E-state index contributed by atoms with van der Waals surface area (Å²) < 4.78 is 3.16. The minimum atomic E-state index is -1.39. The molecule has 8 nitrogen and oxygen atoms in total. The van der Waals surface area contributed by atoms with Crippen LogP contribution in [0.1, 0.15) is 29.7 Å². The van der Waals surface area contributed by atoms with E-state index in [1.54, 1.807) is 59.4 Å². The van der Waals surface area contributed by atoms with Crippen molar-refractivity contribution in [3.8, 4) is 0 Å². The molecule has 4 aromatic rings. The van der Waals surface area contributed by atoms with E-state index in [2.05, 4.69) is 15.3 Å². The first kappa shape index (κ1) is 23.9. The van der Waals surface area contributed by atoms with E-state index in [1.807, 2.05) is 0 Å². The highest BCUT2D eigenvalue weighted by Crippen LogP contribution is 2.33. The molecule has 0 saturated heterocycles. The third-order valence-electron chi connectivity index (χ3n) is 5.70. The van der Waals surface area contributed by atoms with Gasteiger partial charge >= 0.3 is 5.69 Å². The van der Waals surface area contributed by atoms with Gasteiger partial charge in [-0.05, 0) is 54.7 Å². The van der Waals surface area contributed by atoms with Crippen LogP contribution in [0.3, 0.4) is 0 Å². The van der Waals surface area contributed by atoms with Crippen molar-refractivity contribution in [3.05, 3.63) is 115 Å². The van der Waals surface area contributed by atoms with Crippen LogP contribution in [0.2, 0.25) is 10.0 Å². The van der Waals surface area contributed by atoms with E-state index in [0.29, 0.717) is 34.1 Å². The number of hydrogen-bond donors (Lipinski definition) is 2. The number of hydrogen-bond acceptors (Lipinski definition) is 5. The largest absolute Gasteiger partial charge is 0.378 e. The summed E-state index contributed by atoms with van der Waals surface area (Å²) >= 11 is 12.1. The number of H-pyrrole nitrogens is 1. The van der Waals surface area contributed by atoms with Crippen molar-refractivity contribution in [3.63, 3.8) is 0 Å². The Hall–Kier alpha value is -3.20. The highest BCUT2D eigenvalue weighted by atomic mass is 35.5. The Balaban J connectivity index is 1.51. The third kappa shape index (κ3) is 5.47. The minimum absolute atomic E-state index is 0.144. The minimum Gasteiger partial charge on any atom is -0.378 e. The molecule has 2 aromatic heterocycles. The van der Waals surface area contributed by atoms with Crippen LogP contribution in [0.4, 0.5) is 0 Å². The van der Waals surface area contributed by atoms with Gasteiger partial charge in [0.05, 0.1) is 18.4 Å². The van der Waals surface area contributed by atoms with Gasteiger partial charge in [-0.1, -0.05) is 52.7 Å². The average molecular weight is 500 g/mol. The van der Waals surface area contributed by atoms with Gasteiger partial charge in [0.2, 0.25) is 0 Å². The molecule has 0 spiro atoms. The number of aromatic amines is 1. The Morgan fingerprint density at radius 2 is 1.53 bits per heavy atom. The molecular weight excluding hydrogens is 477 g/mol. The number of aryl methyl sites for hydroxylation is 2. The van der Waals surface area contributed by atoms with Crippen LogP contribution in [0, 0.1) is 0 Å². The van der Waals surface area contributed by atoms with Crippen molar-refractivity contribution in [1.82, 2.24) is 24.5 Å². The van der Waals surface area contributed by atoms with Gasteiger partial charge in [-0.2, -0.15) is 0 Å². The molecule has 0 saturated carbocycles. The SMILES string of the molecule is O=c1ccn(CCCCc2cnnn2CC(O)(c2ccc(Cl)cc2)c2ccc(Cl)cc2)c(=O)[nH]1. The molecule has 2 heterocycles. The van der Waals surface area contributed by atoms with Crippen molar-refractivity contribution < 1.29 is 5.11 Å². The van der Waals surface area contributed by atoms with Crippen LogP contribution >= 0.6 is 23.2 Å². The molecule has 0 aliphatic rings. The second-order valence-corrected chi connectivity index (χ2v) is 8.89. The van der Waals surface area contributed by atoms with E-state index < -0.39 is 16.9 Å². The summed E-state index contributed by atoms with van der Waals surface area (Å²) in [4.78, 5) is 25.3. The highest BCUT2D eigenvalue weighted by molar-refractivity contribution is 6.30. The fraction of sp³-hybridized carbons (Fsp3) is 0.250. The van der Waals surface area contributed by atoms with E-state index in [9.17, 15) is 14.7 Å². The van der Waals surface area contributed by atoms with Crippen LogP contribution in [0.25, 0.3) is 0 Å². The van der Waals surface area contributed by atoms with Crippen LogP contribution in [0.15, 0.2) is 76.6 Å². The maximum Gasteiger partial charge on any atom is 0.328 e. The van der Waals surface area contributed by atoms with Crippen molar-refractivity contribution in [2.75, 3.05) is 0 Å². The summed E-state index contributed by atoms with van der Waals surface area (Å²) in [6.07, 6.45) is 5.30.